The monoisotopic (exact) mass is 191 g/mol. The van der Waals surface area contributed by atoms with Gasteiger partial charge in [0.2, 0.25) is 0 Å². The highest BCUT2D eigenvalue weighted by atomic mass is 32.2. The minimum Gasteiger partial charge on any atom is -0.468 e. The fourth-order valence-corrected chi connectivity index (χ4v) is 2.28. The Morgan fingerprint density at radius 3 is 3.17 bits per heavy atom. The Labute approximate surface area is 75.7 Å². The van der Waals surface area contributed by atoms with Crippen LogP contribution in [0.25, 0.3) is 0 Å². The number of ether oxygens (including phenoxy) is 1. The summed E-state index contributed by atoms with van der Waals surface area (Å²) in [5, 5.41) is 11.9. The van der Waals surface area contributed by atoms with Crippen molar-refractivity contribution >= 4 is 17.7 Å². The molecule has 1 rings (SSSR count). The summed E-state index contributed by atoms with van der Waals surface area (Å²) >= 11 is 1.65. The quantitative estimate of drug-likeness (QED) is 0.593. The summed E-state index contributed by atoms with van der Waals surface area (Å²) in [6.45, 7) is 0.151. The molecule has 1 aliphatic heterocycles. The van der Waals surface area contributed by atoms with E-state index < -0.39 is 0 Å². The lowest BCUT2D eigenvalue weighted by molar-refractivity contribution is -0.142. The van der Waals surface area contributed by atoms with Crippen molar-refractivity contribution in [3.05, 3.63) is 0 Å². The van der Waals surface area contributed by atoms with Crippen molar-refractivity contribution in [2.24, 2.45) is 0 Å². The van der Waals surface area contributed by atoms with Gasteiger partial charge in [0.1, 0.15) is 6.04 Å². The van der Waals surface area contributed by atoms with Crippen LogP contribution >= 0.6 is 11.8 Å². The van der Waals surface area contributed by atoms with E-state index in [1.165, 1.54) is 7.11 Å². The maximum atomic E-state index is 11.0. The lowest BCUT2D eigenvalue weighted by Crippen LogP contribution is -2.37. The number of methoxy groups -OCH3 is 1. The number of nitrogens with one attached hydrogen (secondary N) is 1. The van der Waals surface area contributed by atoms with E-state index in [4.69, 9.17) is 5.11 Å². The maximum Gasteiger partial charge on any atom is 0.323 e. The summed E-state index contributed by atoms with van der Waals surface area (Å²) < 4.78 is 4.58. The molecule has 0 aromatic heterocycles. The molecule has 4 nitrogen and oxygen atoms in total. The number of thioether (sulfide) groups is 1. The maximum absolute atomic E-state index is 11.0. The second kappa shape index (κ2) is 4.69. The van der Waals surface area contributed by atoms with Gasteiger partial charge < -0.3 is 9.84 Å². The fraction of sp³-hybridized carbons (Fsp3) is 0.857. The van der Waals surface area contributed by atoms with Crippen molar-refractivity contribution in [2.45, 2.75) is 17.8 Å². The minimum atomic E-state index is -0.220. The van der Waals surface area contributed by atoms with Gasteiger partial charge in [-0.25, -0.2) is 0 Å². The molecule has 1 fully saturated rings. The SMILES string of the molecule is COC(=O)C1CSC(CCO)N1. The van der Waals surface area contributed by atoms with Crippen LogP contribution in [0.4, 0.5) is 0 Å². The molecule has 0 aromatic rings. The largest absolute Gasteiger partial charge is 0.468 e. The van der Waals surface area contributed by atoms with Crippen molar-refractivity contribution in [1.29, 1.82) is 0 Å². The highest BCUT2D eigenvalue weighted by molar-refractivity contribution is 8.00. The Hall–Kier alpha value is -0.260. The molecule has 12 heavy (non-hydrogen) atoms. The van der Waals surface area contributed by atoms with E-state index in [0.29, 0.717) is 6.42 Å². The standard InChI is InChI=1S/C7H13NO3S/c1-11-7(10)5-4-12-6(8-5)2-3-9/h5-6,8-9H,2-4H2,1H3. The van der Waals surface area contributed by atoms with Gasteiger partial charge in [-0.3, -0.25) is 10.1 Å². The van der Waals surface area contributed by atoms with E-state index in [9.17, 15) is 4.79 Å². The summed E-state index contributed by atoms with van der Waals surface area (Å²) in [5.41, 5.74) is 0. The Bertz CT molecular complexity index is 165. The number of carbonyl (C=O) groups is 1. The number of esters is 1. The second-order valence-electron chi connectivity index (χ2n) is 2.58. The molecule has 0 bridgehead atoms. The zero-order valence-electron chi connectivity index (χ0n) is 6.95. The smallest absolute Gasteiger partial charge is 0.323 e. The first-order valence-electron chi connectivity index (χ1n) is 3.84. The molecule has 0 spiro atoms. The summed E-state index contributed by atoms with van der Waals surface area (Å²) in [4.78, 5) is 11.0. The second-order valence-corrected chi connectivity index (χ2v) is 3.81. The third kappa shape index (κ3) is 2.36. The van der Waals surface area contributed by atoms with E-state index in [2.05, 4.69) is 10.1 Å². The minimum absolute atomic E-state index is 0.151. The molecule has 1 heterocycles. The van der Waals surface area contributed by atoms with E-state index in [0.717, 1.165) is 5.75 Å². The van der Waals surface area contributed by atoms with Gasteiger partial charge in [-0.1, -0.05) is 0 Å². The first-order valence-corrected chi connectivity index (χ1v) is 4.89. The van der Waals surface area contributed by atoms with Crippen molar-refractivity contribution in [3.8, 4) is 0 Å². The summed E-state index contributed by atoms with van der Waals surface area (Å²) in [6, 6.07) is -0.198. The molecular formula is C7H13NO3S. The molecule has 2 unspecified atom stereocenters. The Balaban J connectivity index is 2.30. The third-order valence-corrected chi connectivity index (χ3v) is 3.03. The van der Waals surface area contributed by atoms with Crippen molar-refractivity contribution in [2.75, 3.05) is 19.5 Å². The molecular weight excluding hydrogens is 178 g/mol. The first-order chi connectivity index (χ1) is 5.77. The summed E-state index contributed by atoms with van der Waals surface area (Å²) in [5.74, 6) is 0.514. The molecule has 1 aliphatic rings. The van der Waals surface area contributed by atoms with Gasteiger partial charge in [0.15, 0.2) is 0 Å². The number of hydrogen-bond donors (Lipinski definition) is 2. The topological polar surface area (TPSA) is 58.6 Å². The Kier molecular flexibility index (Phi) is 3.84. The zero-order valence-corrected chi connectivity index (χ0v) is 7.76. The van der Waals surface area contributed by atoms with Crippen LogP contribution in [0.1, 0.15) is 6.42 Å². The predicted octanol–water partition coefficient (Wildman–Crippen LogP) is -0.427. The van der Waals surface area contributed by atoms with Crippen LogP contribution < -0.4 is 5.32 Å². The van der Waals surface area contributed by atoms with Crippen molar-refractivity contribution in [1.82, 2.24) is 5.32 Å². The van der Waals surface area contributed by atoms with Gasteiger partial charge in [-0.15, -0.1) is 11.8 Å². The normalized spacial score (nSPS) is 28.8. The number of carbonyl (C=O) groups excluding carboxylic acids is 1. The van der Waals surface area contributed by atoms with Crippen LogP contribution in [-0.4, -0.2) is 42.0 Å². The van der Waals surface area contributed by atoms with Crippen LogP contribution in [0.2, 0.25) is 0 Å². The Morgan fingerprint density at radius 2 is 2.58 bits per heavy atom. The number of rotatable bonds is 3. The highest BCUT2D eigenvalue weighted by Crippen LogP contribution is 2.21. The summed E-state index contributed by atoms with van der Waals surface area (Å²) in [6.07, 6.45) is 0.679. The van der Waals surface area contributed by atoms with Crippen LogP contribution in [0.3, 0.4) is 0 Å². The molecule has 2 atom stereocenters. The molecule has 0 radical (unpaired) electrons. The average Bonchev–Trinajstić information content (AvgIpc) is 2.52. The van der Waals surface area contributed by atoms with E-state index in [1.807, 2.05) is 0 Å². The molecule has 1 saturated heterocycles. The molecule has 0 aromatic carbocycles. The molecule has 5 heteroatoms. The molecule has 70 valence electrons. The predicted molar refractivity (Wildman–Crippen MR) is 46.9 cm³/mol. The highest BCUT2D eigenvalue weighted by Gasteiger charge is 2.29. The van der Waals surface area contributed by atoms with Crippen molar-refractivity contribution in [3.63, 3.8) is 0 Å². The average molecular weight is 191 g/mol. The van der Waals surface area contributed by atoms with E-state index in [-0.39, 0.29) is 24.0 Å². The van der Waals surface area contributed by atoms with Gasteiger partial charge in [0.25, 0.3) is 0 Å². The van der Waals surface area contributed by atoms with Crippen LogP contribution in [0.5, 0.6) is 0 Å². The fourth-order valence-electron chi connectivity index (χ4n) is 1.10. The van der Waals surface area contributed by atoms with Crippen LogP contribution in [0.15, 0.2) is 0 Å². The van der Waals surface area contributed by atoms with Gasteiger partial charge in [0.05, 0.1) is 12.5 Å². The molecule has 0 amide bonds. The van der Waals surface area contributed by atoms with Crippen molar-refractivity contribution < 1.29 is 14.6 Å². The van der Waals surface area contributed by atoms with Gasteiger partial charge in [-0.05, 0) is 6.42 Å². The first kappa shape index (κ1) is 9.83. The van der Waals surface area contributed by atoms with Crippen LogP contribution in [-0.2, 0) is 9.53 Å². The number of aliphatic hydroxyl groups excluding tert-OH is 1. The number of hydrogen-bond acceptors (Lipinski definition) is 5. The molecule has 0 saturated carbocycles. The van der Waals surface area contributed by atoms with E-state index in [1.54, 1.807) is 11.8 Å². The zero-order chi connectivity index (χ0) is 8.97. The number of aliphatic hydroxyl groups is 1. The molecule has 0 aliphatic carbocycles. The van der Waals surface area contributed by atoms with Crippen LogP contribution in [0, 0.1) is 0 Å². The summed E-state index contributed by atoms with van der Waals surface area (Å²) in [7, 11) is 1.38. The van der Waals surface area contributed by atoms with E-state index >= 15 is 0 Å². The third-order valence-electron chi connectivity index (χ3n) is 1.73. The lowest BCUT2D eigenvalue weighted by atomic mass is 10.3. The molecule has 2 N–H and O–H groups in total. The van der Waals surface area contributed by atoms with Gasteiger partial charge in [-0.2, -0.15) is 0 Å². The van der Waals surface area contributed by atoms with Gasteiger partial charge in [0, 0.05) is 12.4 Å². The van der Waals surface area contributed by atoms with Gasteiger partial charge >= 0.3 is 5.97 Å². The Morgan fingerprint density at radius 1 is 1.83 bits per heavy atom. The lowest BCUT2D eigenvalue weighted by Gasteiger charge is -2.09.